The van der Waals surface area contributed by atoms with E-state index >= 15 is 0 Å². The molecule has 1 heterocycles. The zero-order chi connectivity index (χ0) is 9.26. The third-order valence-electron chi connectivity index (χ3n) is 1.79. The van der Waals surface area contributed by atoms with E-state index in [2.05, 4.69) is 38.9 Å². The first kappa shape index (κ1) is 8.68. The molecule has 0 N–H and O–H groups in total. The number of nitrogens with zero attached hydrogens (tertiary/aromatic N) is 2. The highest BCUT2D eigenvalue weighted by molar-refractivity contribution is 14.1. The van der Waals surface area contributed by atoms with Crippen LogP contribution in [0.1, 0.15) is 5.56 Å². The first-order valence-corrected chi connectivity index (χ1v) is 4.88. The summed E-state index contributed by atoms with van der Waals surface area (Å²) in [5.74, 6) is 0.580. The third kappa shape index (κ3) is 1.72. The van der Waals surface area contributed by atoms with Crippen molar-refractivity contribution in [3.8, 4) is 11.5 Å². The van der Waals surface area contributed by atoms with Crippen molar-refractivity contribution in [2.45, 2.75) is 6.92 Å². The van der Waals surface area contributed by atoms with Gasteiger partial charge in [-0.25, -0.2) is 0 Å². The van der Waals surface area contributed by atoms with E-state index in [0.717, 1.165) is 14.7 Å². The summed E-state index contributed by atoms with van der Waals surface area (Å²) in [5.41, 5.74) is 2.15. The molecule has 0 bridgehead atoms. The van der Waals surface area contributed by atoms with Gasteiger partial charge in [-0.15, -0.1) is 10.2 Å². The van der Waals surface area contributed by atoms with Crippen LogP contribution in [-0.2, 0) is 0 Å². The molecule has 0 radical (unpaired) electrons. The molecule has 2 aromatic rings. The van der Waals surface area contributed by atoms with Crippen LogP contribution in [0.3, 0.4) is 0 Å². The van der Waals surface area contributed by atoms with Crippen LogP contribution in [0.15, 0.2) is 29.0 Å². The molecule has 0 amide bonds. The molecule has 0 saturated carbocycles. The van der Waals surface area contributed by atoms with E-state index in [4.69, 9.17) is 4.42 Å². The van der Waals surface area contributed by atoms with Gasteiger partial charge in [0.2, 0.25) is 12.3 Å². The van der Waals surface area contributed by atoms with Crippen molar-refractivity contribution in [3.63, 3.8) is 0 Å². The lowest BCUT2D eigenvalue weighted by molar-refractivity contribution is 0.568. The van der Waals surface area contributed by atoms with Crippen LogP contribution in [0, 0.1) is 10.5 Å². The summed E-state index contributed by atoms with van der Waals surface area (Å²) in [4.78, 5) is 0. The van der Waals surface area contributed by atoms with Gasteiger partial charge in [0.05, 0.1) is 0 Å². The fourth-order valence-corrected chi connectivity index (χ4v) is 1.61. The molecule has 0 saturated heterocycles. The maximum atomic E-state index is 5.13. The molecule has 0 aliphatic carbocycles. The second kappa shape index (κ2) is 3.45. The van der Waals surface area contributed by atoms with Crippen molar-refractivity contribution in [1.29, 1.82) is 0 Å². The first-order valence-electron chi connectivity index (χ1n) is 3.80. The van der Waals surface area contributed by atoms with Gasteiger partial charge in [0.1, 0.15) is 0 Å². The lowest BCUT2D eigenvalue weighted by Crippen LogP contribution is -1.84. The topological polar surface area (TPSA) is 38.9 Å². The van der Waals surface area contributed by atoms with Gasteiger partial charge in [-0.2, -0.15) is 0 Å². The lowest BCUT2D eigenvalue weighted by Gasteiger charge is -2.00. The molecule has 0 fully saturated rings. The molecule has 0 unspecified atom stereocenters. The number of hydrogen-bond donors (Lipinski definition) is 0. The lowest BCUT2D eigenvalue weighted by atomic mass is 10.1. The van der Waals surface area contributed by atoms with Crippen LogP contribution in [0.2, 0.25) is 0 Å². The van der Waals surface area contributed by atoms with E-state index in [9.17, 15) is 0 Å². The Morgan fingerprint density at radius 1 is 1.38 bits per heavy atom. The average molecular weight is 286 g/mol. The molecular formula is C9H7IN2O. The zero-order valence-corrected chi connectivity index (χ0v) is 9.15. The molecule has 2 rings (SSSR count). The molecule has 1 aromatic heterocycles. The number of hydrogen-bond acceptors (Lipinski definition) is 3. The van der Waals surface area contributed by atoms with Crippen LogP contribution < -0.4 is 0 Å². The quantitative estimate of drug-likeness (QED) is 0.756. The molecule has 0 atom stereocenters. The second-order valence-electron chi connectivity index (χ2n) is 2.70. The highest BCUT2D eigenvalue weighted by Crippen LogP contribution is 2.22. The summed E-state index contributed by atoms with van der Waals surface area (Å²) in [6.07, 6.45) is 1.34. The van der Waals surface area contributed by atoms with Crippen LogP contribution in [0.5, 0.6) is 0 Å². The van der Waals surface area contributed by atoms with Crippen molar-refractivity contribution in [2.75, 3.05) is 0 Å². The number of aryl methyl sites for hydroxylation is 1. The first-order chi connectivity index (χ1) is 6.27. The van der Waals surface area contributed by atoms with Crippen LogP contribution in [0.25, 0.3) is 11.5 Å². The summed E-state index contributed by atoms with van der Waals surface area (Å²) in [6, 6.07) is 6.13. The smallest absolute Gasteiger partial charge is 0.247 e. The summed E-state index contributed by atoms with van der Waals surface area (Å²) >= 11 is 2.26. The molecule has 66 valence electrons. The fraction of sp³-hybridized carbons (Fsp3) is 0.111. The third-order valence-corrected chi connectivity index (χ3v) is 2.46. The second-order valence-corrected chi connectivity index (χ2v) is 3.95. The number of halogens is 1. The Balaban J connectivity index is 2.57. The van der Waals surface area contributed by atoms with Gasteiger partial charge in [-0.1, -0.05) is 6.07 Å². The number of rotatable bonds is 1. The average Bonchev–Trinajstić information content (AvgIpc) is 2.61. The molecule has 4 heteroatoms. The molecule has 3 nitrogen and oxygen atoms in total. The predicted molar refractivity (Wildman–Crippen MR) is 57.2 cm³/mol. The molecule has 1 aromatic carbocycles. The number of benzene rings is 1. The van der Waals surface area contributed by atoms with E-state index in [0.29, 0.717) is 5.89 Å². The van der Waals surface area contributed by atoms with Gasteiger partial charge in [-0.05, 0) is 47.2 Å². The highest BCUT2D eigenvalue weighted by Gasteiger charge is 2.06. The minimum absolute atomic E-state index is 0.580. The Labute approximate surface area is 89.3 Å². The normalized spacial score (nSPS) is 10.3. The van der Waals surface area contributed by atoms with Gasteiger partial charge in [-0.3, -0.25) is 0 Å². The largest absolute Gasteiger partial charge is 0.423 e. The molecule has 0 aliphatic rings. The zero-order valence-electron chi connectivity index (χ0n) is 6.99. The van der Waals surface area contributed by atoms with Gasteiger partial charge < -0.3 is 4.42 Å². The van der Waals surface area contributed by atoms with E-state index in [1.54, 1.807) is 0 Å². The van der Waals surface area contributed by atoms with Crippen molar-refractivity contribution in [3.05, 3.63) is 33.7 Å². The summed E-state index contributed by atoms with van der Waals surface area (Å²) in [6.45, 7) is 2.02. The van der Waals surface area contributed by atoms with E-state index in [1.165, 1.54) is 6.39 Å². The summed E-state index contributed by atoms with van der Waals surface area (Å²) in [7, 11) is 0. The van der Waals surface area contributed by atoms with Gasteiger partial charge in [0.15, 0.2) is 0 Å². The Morgan fingerprint density at radius 2 is 2.23 bits per heavy atom. The molecule has 0 spiro atoms. The monoisotopic (exact) mass is 286 g/mol. The minimum Gasteiger partial charge on any atom is -0.423 e. The van der Waals surface area contributed by atoms with Crippen LogP contribution in [0.4, 0.5) is 0 Å². The summed E-state index contributed by atoms with van der Waals surface area (Å²) in [5, 5.41) is 7.52. The van der Waals surface area contributed by atoms with Gasteiger partial charge in [0.25, 0.3) is 0 Å². The van der Waals surface area contributed by atoms with Crippen molar-refractivity contribution < 1.29 is 4.42 Å². The maximum absolute atomic E-state index is 5.13. The van der Waals surface area contributed by atoms with Crippen molar-refractivity contribution >= 4 is 22.6 Å². The highest BCUT2D eigenvalue weighted by atomic mass is 127. The molecule has 13 heavy (non-hydrogen) atoms. The SMILES string of the molecule is Cc1ccc(I)cc1-c1nnco1. The van der Waals surface area contributed by atoms with Crippen molar-refractivity contribution in [2.24, 2.45) is 0 Å². The van der Waals surface area contributed by atoms with Crippen molar-refractivity contribution in [1.82, 2.24) is 10.2 Å². The van der Waals surface area contributed by atoms with Gasteiger partial charge in [0, 0.05) is 9.13 Å². The van der Waals surface area contributed by atoms with E-state index < -0.39 is 0 Å². The van der Waals surface area contributed by atoms with Gasteiger partial charge >= 0.3 is 0 Å². The van der Waals surface area contributed by atoms with Crippen LogP contribution in [-0.4, -0.2) is 10.2 Å². The Kier molecular flexibility index (Phi) is 2.30. The maximum Gasteiger partial charge on any atom is 0.247 e. The fourth-order valence-electron chi connectivity index (χ4n) is 1.12. The Bertz CT molecular complexity index is 412. The summed E-state index contributed by atoms with van der Waals surface area (Å²) < 4.78 is 6.29. The molecule has 0 aliphatic heterocycles. The van der Waals surface area contributed by atoms with E-state index in [-0.39, 0.29) is 0 Å². The Hall–Kier alpha value is -0.910. The predicted octanol–water partition coefficient (Wildman–Crippen LogP) is 2.65. The Morgan fingerprint density at radius 3 is 2.92 bits per heavy atom. The minimum atomic E-state index is 0.580. The number of aromatic nitrogens is 2. The molecular weight excluding hydrogens is 279 g/mol. The standard InChI is InChI=1S/C9H7IN2O/c1-6-2-3-7(10)4-8(6)9-12-11-5-13-9/h2-5H,1H3. The van der Waals surface area contributed by atoms with E-state index in [1.807, 2.05) is 19.1 Å². The van der Waals surface area contributed by atoms with Crippen LogP contribution >= 0.6 is 22.6 Å².